The average Bonchev–Trinajstić information content (AvgIpc) is 2.81. The van der Waals surface area contributed by atoms with Gasteiger partial charge in [-0.25, -0.2) is 14.8 Å². The van der Waals surface area contributed by atoms with E-state index in [4.69, 9.17) is 10.5 Å². The van der Waals surface area contributed by atoms with Gasteiger partial charge in [0.2, 0.25) is 11.9 Å². The van der Waals surface area contributed by atoms with Crippen molar-refractivity contribution in [3.63, 3.8) is 0 Å². The van der Waals surface area contributed by atoms with Crippen molar-refractivity contribution >= 4 is 29.4 Å². The van der Waals surface area contributed by atoms with Crippen LogP contribution in [0.1, 0.15) is 28.8 Å². The Balaban J connectivity index is 1.61. The third kappa shape index (κ3) is 6.91. The molecule has 0 bridgehead atoms. The summed E-state index contributed by atoms with van der Waals surface area (Å²) in [5.74, 6) is -1.25. The number of rotatable bonds is 10. The van der Waals surface area contributed by atoms with Gasteiger partial charge in [-0.3, -0.25) is 9.59 Å². The number of nitrogens with two attached hydrogens (primary N) is 1. The lowest BCUT2D eigenvalue weighted by molar-refractivity contribution is -0.147. The number of nitrogens with one attached hydrogen (secondary N) is 2. The number of esters is 1. The summed E-state index contributed by atoms with van der Waals surface area (Å²) >= 11 is 0. The molecule has 2 aromatic carbocycles. The summed E-state index contributed by atoms with van der Waals surface area (Å²) in [6.45, 7) is 0.0601. The van der Waals surface area contributed by atoms with Crippen LogP contribution in [0.25, 0.3) is 0 Å². The number of amides is 2. The molecule has 0 aliphatic carbocycles. The number of primary amides is 1. The van der Waals surface area contributed by atoms with Gasteiger partial charge in [0.1, 0.15) is 12.6 Å². The Morgan fingerprint density at radius 2 is 1.62 bits per heavy atom. The van der Waals surface area contributed by atoms with Crippen LogP contribution in [-0.4, -0.2) is 33.8 Å². The van der Waals surface area contributed by atoms with Crippen molar-refractivity contribution in [3.05, 3.63) is 84.2 Å². The molecular formula is C23H23N5O4. The van der Waals surface area contributed by atoms with E-state index in [9.17, 15) is 14.4 Å². The molecule has 0 aliphatic rings. The number of hydrogen-bond acceptors (Lipinski definition) is 7. The fourth-order valence-corrected chi connectivity index (χ4v) is 2.80. The van der Waals surface area contributed by atoms with Crippen LogP contribution in [0.3, 0.4) is 0 Å². The first kappa shape index (κ1) is 22.4. The molecule has 1 atom stereocenters. The van der Waals surface area contributed by atoms with Crippen LogP contribution in [0.5, 0.6) is 0 Å². The molecule has 164 valence electrons. The zero-order valence-corrected chi connectivity index (χ0v) is 17.2. The molecule has 0 saturated carbocycles. The summed E-state index contributed by atoms with van der Waals surface area (Å²) in [7, 11) is 0. The number of carbonyl (C=O) groups is 3. The highest BCUT2D eigenvalue weighted by atomic mass is 16.5. The van der Waals surface area contributed by atoms with Crippen LogP contribution in [0.4, 0.5) is 11.6 Å². The minimum Gasteiger partial charge on any atom is -0.459 e. The number of nitrogens with zero attached hydrogens (tertiary/aromatic N) is 2. The molecule has 1 heterocycles. The van der Waals surface area contributed by atoms with Gasteiger partial charge in [-0.2, -0.15) is 0 Å². The van der Waals surface area contributed by atoms with Crippen molar-refractivity contribution in [2.75, 3.05) is 5.32 Å². The van der Waals surface area contributed by atoms with E-state index in [2.05, 4.69) is 20.6 Å². The minimum atomic E-state index is -1.01. The molecule has 0 fully saturated rings. The molecule has 9 nitrogen and oxygen atoms in total. The Labute approximate surface area is 185 Å². The number of ether oxygens (including phenoxy) is 1. The van der Waals surface area contributed by atoms with Gasteiger partial charge in [0.25, 0.3) is 5.91 Å². The van der Waals surface area contributed by atoms with Crippen molar-refractivity contribution < 1.29 is 19.1 Å². The molecule has 1 aromatic heterocycles. The Morgan fingerprint density at radius 3 is 2.28 bits per heavy atom. The highest BCUT2D eigenvalue weighted by Gasteiger charge is 2.23. The van der Waals surface area contributed by atoms with Crippen LogP contribution in [0, 0.1) is 0 Å². The molecule has 3 rings (SSSR count). The maximum absolute atomic E-state index is 12.7. The standard InChI is InChI=1S/C23H23N5O4/c24-20(29)12-11-19(22(31)32-15-16-5-2-1-3-6-16)28-21(30)17-7-9-18(10-8-17)27-23-25-13-4-14-26-23/h1-10,13-14,19H,11-12,15H2,(H2,24,29)(H,28,30)(H,25,26,27)/t19-/m0/s1. The van der Waals surface area contributed by atoms with E-state index >= 15 is 0 Å². The first-order chi connectivity index (χ1) is 15.5. The molecule has 0 unspecified atom stereocenters. The second-order valence-electron chi connectivity index (χ2n) is 6.90. The Kier molecular flexibility index (Phi) is 7.85. The molecule has 0 saturated heterocycles. The molecule has 9 heteroatoms. The lowest BCUT2D eigenvalue weighted by Crippen LogP contribution is -2.42. The van der Waals surface area contributed by atoms with Gasteiger partial charge in [0.15, 0.2) is 0 Å². The molecule has 3 aromatic rings. The van der Waals surface area contributed by atoms with Crippen LogP contribution in [0.2, 0.25) is 0 Å². The van der Waals surface area contributed by atoms with Crippen molar-refractivity contribution in [2.45, 2.75) is 25.5 Å². The normalized spacial score (nSPS) is 11.2. The third-order valence-corrected chi connectivity index (χ3v) is 4.46. The third-order valence-electron chi connectivity index (χ3n) is 4.46. The van der Waals surface area contributed by atoms with Crippen molar-refractivity contribution in [2.24, 2.45) is 5.73 Å². The lowest BCUT2D eigenvalue weighted by Gasteiger charge is -2.17. The molecule has 0 radical (unpaired) electrons. The van der Waals surface area contributed by atoms with E-state index < -0.39 is 23.8 Å². The average molecular weight is 433 g/mol. The van der Waals surface area contributed by atoms with Gasteiger partial charge < -0.3 is 21.1 Å². The predicted molar refractivity (Wildman–Crippen MR) is 118 cm³/mol. The van der Waals surface area contributed by atoms with Gasteiger partial charge in [-0.1, -0.05) is 30.3 Å². The van der Waals surface area contributed by atoms with Crippen LogP contribution < -0.4 is 16.4 Å². The highest BCUT2D eigenvalue weighted by Crippen LogP contribution is 2.14. The van der Waals surface area contributed by atoms with Gasteiger partial charge in [0.05, 0.1) is 0 Å². The predicted octanol–water partition coefficient (Wildman–Crippen LogP) is 2.33. The Hall–Kier alpha value is -4.27. The number of anilines is 2. The zero-order valence-electron chi connectivity index (χ0n) is 17.2. The maximum Gasteiger partial charge on any atom is 0.328 e. The van der Waals surface area contributed by atoms with Gasteiger partial charge in [-0.05, 0) is 42.3 Å². The fourth-order valence-electron chi connectivity index (χ4n) is 2.80. The summed E-state index contributed by atoms with van der Waals surface area (Å²) in [5, 5.41) is 5.64. The molecule has 0 spiro atoms. The number of carbonyl (C=O) groups excluding carboxylic acids is 3. The van der Waals surface area contributed by atoms with E-state index in [1.807, 2.05) is 30.3 Å². The van der Waals surface area contributed by atoms with E-state index in [1.165, 1.54) is 0 Å². The van der Waals surface area contributed by atoms with Crippen LogP contribution in [-0.2, 0) is 20.9 Å². The van der Waals surface area contributed by atoms with Crippen LogP contribution in [0.15, 0.2) is 73.1 Å². The first-order valence-corrected chi connectivity index (χ1v) is 9.95. The molecule has 2 amide bonds. The SMILES string of the molecule is NC(=O)CC[C@H](NC(=O)c1ccc(Nc2ncccn2)cc1)C(=O)OCc1ccccc1. The van der Waals surface area contributed by atoms with E-state index in [0.717, 1.165) is 5.56 Å². The van der Waals surface area contributed by atoms with Gasteiger partial charge >= 0.3 is 5.97 Å². The second kappa shape index (κ2) is 11.2. The van der Waals surface area contributed by atoms with Crippen molar-refractivity contribution in [1.82, 2.24) is 15.3 Å². The number of benzene rings is 2. The molecule has 4 N–H and O–H groups in total. The smallest absolute Gasteiger partial charge is 0.328 e. The fraction of sp³-hybridized carbons (Fsp3) is 0.174. The monoisotopic (exact) mass is 433 g/mol. The Morgan fingerprint density at radius 1 is 0.938 bits per heavy atom. The summed E-state index contributed by atoms with van der Waals surface area (Å²) in [6.07, 6.45) is 3.20. The van der Waals surface area contributed by atoms with E-state index in [-0.39, 0.29) is 19.4 Å². The van der Waals surface area contributed by atoms with E-state index in [1.54, 1.807) is 42.7 Å². The zero-order chi connectivity index (χ0) is 22.8. The van der Waals surface area contributed by atoms with Gasteiger partial charge in [0, 0.05) is 30.1 Å². The van der Waals surface area contributed by atoms with E-state index in [0.29, 0.717) is 17.2 Å². The van der Waals surface area contributed by atoms with Crippen LogP contribution >= 0.6 is 0 Å². The number of aromatic nitrogens is 2. The summed E-state index contributed by atoms with van der Waals surface area (Å²) in [6, 6.07) is 16.4. The largest absolute Gasteiger partial charge is 0.459 e. The quantitative estimate of drug-likeness (QED) is 0.417. The minimum absolute atomic E-state index is 0.0414. The lowest BCUT2D eigenvalue weighted by atomic mass is 10.1. The van der Waals surface area contributed by atoms with Crippen molar-refractivity contribution in [3.8, 4) is 0 Å². The molecular weight excluding hydrogens is 410 g/mol. The summed E-state index contributed by atoms with van der Waals surface area (Å²) in [5.41, 5.74) is 7.05. The Bertz CT molecular complexity index is 1040. The van der Waals surface area contributed by atoms with Gasteiger partial charge in [-0.15, -0.1) is 0 Å². The molecule has 32 heavy (non-hydrogen) atoms. The summed E-state index contributed by atoms with van der Waals surface area (Å²) in [4.78, 5) is 44.5. The maximum atomic E-state index is 12.7. The molecule has 0 aliphatic heterocycles. The first-order valence-electron chi connectivity index (χ1n) is 9.95. The van der Waals surface area contributed by atoms with Crippen molar-refractivity contribution in [1.29, 1.82) is 0 Å². The second-order valence-corrected chi connectivity index (χ2v) is 6.90. The summed E-state index contributed by atoms with van der Waals surface area (Å²) < 4.78 is 5.32. The number of hydrogen-bond donors (Lipinski definition) is 3. The highest BCUT2D eigenvalue weighted by molar-refractivity contribution is 5.97. The topological polar surface area (TPSA) is 136 Å².